The molecule has 0 saturated carbocycles. The number of ether oxygens (including phenoxy) is 3. The number of rotatable bonds is 25. The lowest BCUT2D eigenvalue weighted by Crippen LogP contribution is -2.40. The molecule has 0 radical (unpaired) electrons. The van der Waals surface area contributed by atoms with Gasteiger partial charge in [-0.2, -0.15) is 0 Å². The predicted molar refractivity (Wildman–Crippen MR) is 149 cm³/mol. The molecule has 0 aliphatic carbocycles. The Hall–Kier alpha value is 0.360. The van der Waals surface area contributed by atoms with Crippen molar-refractivity contribution in [1.29, 1.82) is 0 Å². The van der Waals surface area contributed by atoms with Crippen molar-refractivity contribution < 1.29 is 14.2 Å². The van der Waals surface area contributed by atoms with Crippen molar-refractivity contribution in [3.8, 4) is 0 Å². The maximum Gasteiger partial charge on any atom is 0.0575 e. The van der Waals surface area contributed by atoms with Gasteiger partial charge in [-0.25, -0.2) is 0 Å². The molecule has 200 valence electrons. The smallest absolute Gasteiger partial charge is 0.0575 e. The largest absolute Gasteiger partial charge is 0.380 e. The van der Waals surface area contributed by atoms with E-state index in [2.05, 4.69) is 57.5 Å². The van der Waals surface area contributed by atoms with E-state index >= 15 is 0 Å². The number of hydrogen-bond acceptors (Lipinski definition) is 3. The second-order valence-corrected chi connectivity index (χ2v) is 11.0. The first-order valence-electron chi connectivity index (χ1n) is 14.3. The van der Waals surface area contributed by atoms with Gasteiger partial charge in [-0.3, -0.25) is 0 Å². The Morgan fingerprint density at radius 1 is 0.545 bits per heavy atom. The molecule has 0 fully saturated rings. The zero-order valence-electron chi connectivity index (χ0n) is 23.3. The summed E-state index contributed by atoms with van der Waals surface area (Å²) in [5.41, 5.74) is -0.116. The van der Waals surface area contributed by atoms with Crippen LogP contribution in [0.2, 0.25) is 0 Å². The van der Waals surface area contributed by atoms with E-state index in [-0.39, 0.29) is 5.41 Å². The third-order valence-electron chi connectivity index (χ3n) is 7.20. The number of unbranched alkanes of at least 4 members (excludes halogenated alkanes) is 3. The van der Waals surface area contributed by atoms with Gasteiger partial charge in [0, 0.05) is 25.2 Å². The highest BCUT2D eigenvalue weighted by atomic mass is 79.9. The molecule has 0 amide bonds. The molecule has 0 aromatic carbocycles. The molecule has 4 heteroatoms. The summed E-state index contributed by atoms with van der Waals surface area (Å²) in [6, 6.07) is 0. The molecule has 3 atom stereocenters. The fourth-order valence-electron chi connectivity index (χ4n) is 4.26. The molecule has 0 aliphatic rings. The van der Waals surface area contributed by atoms with E-state index in [1.807, 2.05) is 0 Å². The van der Waals surface area contributed by atoms with Crippen LogP contribution in [0.3, 0.4) is 0 Å². The summed E-state index contributed by atoms with van der Waals surface area (Å²) in [6.07, 6.45) is 15.1. The molecule has 3 unspecified atom stereocenters. The summed E-state index contributed by atoms with van der Waals surface area (Å²) in [6.45, 7) is 18.4. The SMILES string of the molecule is CCCCC(CC)COCC(CBr)(COCC(CC)CCCC)COCC(CC)CCCC. The number of halogens is 1. The van der Waals surface area contributed by atoms with E-state index in [1.165, 1.54) is 77.0 Å². The van der Waals surface area contributed by atoms with Crippen LogP contribution in [0.1, 0.15) is 119 Å². The quantitative estimate of drug-likeness (QED) is 0.109. The Balaban J connectivity index is 4.92. The minimum Gasteiger partial charge on any atom is -0.380 e. The second kappa shape index (κ2) is 22.8. The lowest BCUT2D eigenvalue weighted by Gasteiger charge is -2.33. The molecule has 0 N–H and O–H groups in total. The van der Waals surface area contributed by atoms with Crippen LogP contribution in [0.5, 0.6) is 0 Å². The minimum atomic E-state index is -0.116. The van der Waals surface area contributed by atoms with Crippen LogP contribution in [0, 0.1) is 23.2 Å². The third kappa shape index (κ3) is 16.6. The molecule has 0 aliphatic heterocycles. The van der Waals surface area contributed by atoms with E-state index in [0.717, 1.165) is 25.2 Å². The lowest BCUT2D eigenvalue weighted by atomic mass is 9.93. The summed E-state index contributed by atoms with van der Waals surface area (Å²) in [7, 11) is 0. The molecule has 0 aromatic rings. The molecule has 33 heavy (non-hydrogen) atoms. The van der Waals surface area contributed by atoms with Crippen LogP contribution >= 0.6 is 15.9 Å². The first-order chi connectivity index (χ1) is 16.0. The van der Waals surface area contributed by atoms with Gasteiger partial charge in [-0.1, -0.05) is 115 Å². The summed E-state index contributed by atoms with van der Waals surface area (Å²) in [5, 5.41) is 0.850. The van der Waals surface area contributed by atoms with Gasteiger partial charge >= 0.3 is 0 Å². The van der Waals surface area contributed by atoms with Gasteiger partial charge < -0.3 is 14.2 Å². The van der Waals surface area contributed by atoms with Crippen molar-refractivity contribution in [2.45, 2.75) is 119 Å². The van der Waals surface area contributed by atoms with Gasteiger partial charge in [-0.05, 0) is 37.0 Å². The van der Waals surface area contributed by atoms with Gasteiger partial charge in [0.05, 0.1) is 25.2 Å². The van der Waals surface area contributed by atoms with Crippen molar-refractivity contribution >= 4 is 15.9 Å². The highest BCUT2D eigenvalue weighted by molar-refractivity contribution is 9.09. The van der Waals surface area contributed by atoms with Crippen molar-refractivity contribution in [2.24, 2.45) is 23.2 Å². The van der Waals surface area contributed by atoms with Crippen molar-refractivity contribution in [1.82, 2.24) is 0 Å². The Morgan fingerprint density at radius 3 is 1.06 bits per heavy atom. The number of hydrogen-bond donors (Lipinski definition) is 0. The van der Waals surface area contributed by atoms with Crippen LogP contribution in [0.15, 0.2) is 0 Å². The van der Waals surface area contributed by atoms with Gasteiger partial charge in [0.15, 0.2) is 0 Å². The minimum absolute atomic E-state index is 0.116. The van der Waals surface area contributed by atoms with E-state index in [4.69, 9.17) is 14.2 Å². The maximum absolute atomic E-state index is 6.35. The lowest BCUT2D eigenvalue weighted by molar-refractivity contribution is -0.0726. The molecule has 0 bridgehead atoms. The van der Waals surface area contributed by atoms with Crippen molar-refractivity contribution in [3.05, 3.63) is 0 Å². The van der Waals surface area contributed by atoms with Gasteiger partial charge in [0.2, 0.25) is 0 Å². The Bertz CT molecular complexity index is 349. The molecule has 0 saturated heterocycles. The van der Waals surface area contributed by atoms with Crippen LogP contribution in [-0.4, -0.2) is 45.0 Å². The van der Waals surface area contributed by atoms with Crippen molar-refractivity contribution in [3.63, 3.8) is 0 Å². The molecule has 0 spiro atoms. The molecule has 0 aromatic heterocycles. The van der Waals surface area contributed by atoms with E-state index in [1.54, 1.807) is 0 Å². The average Bonchev–Trinajstić information content (AvgIpc) is 2.84. The van der Waals surface area contributed by atoms with E-state index in [0.29, 0.717) is 37.6 Å². The summed E-state index contributed by atoms with van der Waals surface area (Å²) < 4.78 is 19.0. The highest BCUT2D eigenvalue weighted by Gasteiger charge is 2.31. The molecule has 0 heterocycles. The topological polar surface area (TPSA) is 27.7 Å². The van der Waals surface area contributed by atoms with Gasteiger partial charge in [0.25, 0.3) is 0 Å². The number of alkyl halides is 1. The second-order valence-electron chi connectivity index (χ2n) is 10.4. The van der Waals surface area contributed by atoms with Crippen LogP contribution in [0.4, 0.5) is 0 Å². The maximum atomic E-state index is 6.35. The van der Waals surface area contributed by atoms with Crippen LogP contribution < -0.4 is 0 Å². The average molecular weight is 536 g/mol. The Labute approximate surface area is 216 Å². The fourth-order valence-corrected chi connectivity index (χ4v) is 4.75. The normalized spacial score (nSPS) is 16.5. The van der Waals surface area contributed by atoms with Crippen molar-refractivity contribution in [2.75, 3.05) is 45.0 Å². The van der Waals surface area contributed by atoms with E-state index in [9.17, 15) is 0 Å². The Morgan fingerprint density at radius 2 is 0.848 bits per heavy atom. The molecular formula is C29H59BrO3. The van der Waals surface area contributed by atoms with E-state index < -0.39 is 0 Å². The zero-order chi connectivity index (χ0) is 24.8. The summed E-state index contributed by atoms with van der Waals surface area (Å²) in [5.74, 6) is 1.99. The zero-order valence-corrected chi connectivity index (χ0v) is 24.9. The van der Waals surface area contributed by atoms with Crippen LogP contribution in [-0.2, 0) is 14.2 Å². The molecular weight excluding hydrogens is 476 g/mol. The first kappa shape index (κ1) is 33.4. The molecule has 3 nitrogen and oxygen atoms in total. The summed E-state index contributed by atoms with van der Waals surface area (Å²) in [4.78, 5) is 0. The van der Waals surface area contributed by atoms with Gasteiger partial charge in [0.1, 0.15) is 0 Å². The predicted octanol–water partition coefficient (Wildman–Crippen LogP) is 9.07. The first-order valence-corrected chi connectivity index (χ1v) is 15.5. The van der Waals surface area contributed by atoms with Crippen LogP contribution in [0.25, 0.3) is 0 Å². The highest BCUT2D eigenvalue weighted by Crippen LogP contribution is 2.26. The summed E-state index contributed by atoms with van der Waals surface area (Å²) >= 11 is 3.81. The Kier molecular flexibility index (Phi) is 23.0. The fraction of sp³-hybridized carbons (Fsp3) is 1.00. The third-order valence-corrected chi connectivity index (χ3v) is 8.39. The molecule has 0 rings (SSSR count). The standard InChI is InChI=1S/C29H59BrO3/c1-7-13-16-26(10-4)19-31-23-29(22-30,24-32-20-27(11-5)17-14-8-2)25-33-21-28(12-6)18-15-9-3/h26-28H,7-25H2,1-6H3. The van der Waals surface area contributed by atoms with Gasteiger partial charge in [-0.15, -0.1) is 0 Å². The monoisotopic (exact) mass is 534 g/mol.